The molecule has 0 spiro atoms. The van der Waals surface area contributed by atoms with Gasteiger partial charge in [-0.15, -0.1) is 12.6 Å². The molecule has 0 aliphatic carbocycles. The lowest BCUT2D eigenvalue weighted by Gasteiger charge is -2.07. The van der Waals surface area contributed by atoms with Gasteiger partial charge < -0.3 is 0 Å². The van der Waals surface area contributed by atoms with Crippen molar-refractivity contribution in [1.82, 2.24) is 9.20 Å². The van der Waals surface area contributed by atoms with E-state index in [1.807, 2.05) is 43.6 Å². The minimum Gasteiger partial charge on any atom is -0.267 e. The summed E-state index contributed by atoms with van der Waals surface area (Å²) in [7, 11) is 1.73. The van der Waals surface area contributed by atoms with Gasteiger partial charge in [-0.1, -0.05) is 13.8 Å². The zero-order valence-electron chi connectivity index (χ0n) is 9.48. The average molecular weight is 224 g/mol. The van der Waals surface area contributed by atoms with E-state index in [1.165, 1.54) is 0 Å². The highest BCUT2D eigenvalue weighted by molar-refractivity contribution is 7.80. The Morgan fingerprint density at radius 1 is 1.33 bits per heavy atom. The SMILES string of the molecule is CC.Cc1c(S)c(=O)n(C)n2cccc12. The van der Waals surface area contributed by atoms with Crippen LogP contribution in [0.3, 0.4) is 0 Å². The van der Waals surface area contributed by atoms with Gasteiger partial charge in [-0.2, -0.15) is 0 Å². The summed E-state index contributed by atoms with van der Waals surface area (Å²) >= 11 is 4.19. The number of thiol groups is 1. The quantitative estimate of drug-likeness (QED) is 0.683. The second kappa shape index (κ2) is 4.57. The minimum atomic E-state index is -0.0652. The fraction of sp³-hybridized carbons (Fsp3) is 0.364. The lowest BCUT2D eigenvalue weighted by Crippen LogP contribution is -2.24. The molecule has 0 atom stereocenters. The van der Waals surface area contributed by atoms with Crippen LogP contribution in [0, 0.1) is 6.92 Å². The molecule has 4 heteroatoms. The van der Waals surface area contributed by atoms with Crippen molar-refractivity contribution in [3.63, 3.8) is 0 Å². The average Bonchev–Trinajstić information content (AvgIpc) is 2.75. The first kappa shape index (κ1) is 11.9. The standard InChI is InChI=1S/C9H10N2OS.C2H6/c1-6-7-4-3-5-11(7)10(2)9(12)8(6)13;1-2/h3-5,13H,1-2H3;1-2H3. The number of hydrogen-bond acceptors (Lipinski definition) is 2. The van der Waals surface area contributed by atoms with Gasteiger partial charge in [0.1, 0.15) is 0 Å². The fourth-order valence-electron chi connectivity index (χ4n) is 1.46. The Labute approximate surface area is 94.7 Å². The second-order valence-corrected chi connectivity index (χ2v) is 3.49. The lowest BCUT2D eigenvalue weighted by molar-refractivity contribution is 0.642. The maximum atomic E-state index is 11.6. The van der Waals surface area contributed by atoms with E-state index < -0.39 is 0 Å². The molecule has 82 valence electrons. The molecule has 0 aliphatic rings. The molecule has 3 nitrogen and oxygen atoms in total. The van der Waals surface area contributed by atoms with Gasteiger partial charge in [-0.25, -0.2) is 4.68 Å². The highest BCUT2D eigenvalue weighted by atomic mass is 32.1. The van der Waals surface area contributed by atoms with Crippen LogP contribution >= 0.6 is 12.6 Å². The monoisotopic (exact) mass is 224 g/mol. The van der Waals surface area contributed by atoms with Crippen molar-refractivity contribution in [3.05, 3.63) is 34.2 Å². The van der Waals surface area contributed by atoms with Crippen LogP contribution in [-0.4, -0.2) is 9.20 Å². The Kier molecular flexibility index (Phi) is 3.63. The summed E-state index contributed by atoms with van der Waals surface area (Å²) < 4.78 is 3.36. The first-order valence-corrected chi connectivity index (χ1v) is 5.43. The summed E-state index contributed by atoms with van der Waals surface area (Å²) in [6.45, 7) is 5.90. The van der Waals surface area contributed by atoms with E-state index in [0.29, 0.717) is 4.90 Å². The number of rotatable bonds is 0. The Hall–Kier alpha value is -1.16. The van der Waals surface area contributed by atoms with Crippen LogP contribution in [-0.2, 0) is 7.05 Å². The summed E-state index contributed by atoms with van der Waals surface area (Å²) in [4.78, 5) is 12.1. The molecule has 15 heavy (non-hydrogen) atoms. The van der Waals surface area contributed by atoms with Crippen molar-refractivity contribution in [2.24, 2.45) is 7.05 Å². The van der Waals surface area contributed by atoms with Gasteiger partial charge in [0, 0.05) is 13.2 Å². The lowest BCUT2D eigenvalue weighted by atomic mass is 10.3. The van der Waals surface area contributed by atoms with Crippen molar-refractivity contribution in [3.8, 4) is 0 Å². The Balaban J connectivity index is 0.000000531. The summed E-state index contributed by atoms with van der Waals surface area (Å²) in [6, 6.07) is 3.88. The predicted molar refractivity (Wildman–Crippen MR) is 66.0 cm³/mol. The number of aromatic nitrogens is 2. The molecule has 2 rings (SSSR count). The second-order valence-electron chi connectivity index (χ2n) is 3.04. The molecule has 0 saturated carbocycles. The van der Waals surface area contributed by atoms with Crippen LogP contribution in [0.25, 0.3) is 5.52 Å². The van der Waals surface area contributed by atoms with Crippen LogP contribution in [0.5, 0.6) is 0 Å². The van der Waals surface area contributed by atoms with Gasteiger partial charge in [0.15, 0.2) is 0 Å². The number of fused-ring (bicyclic) bond motifs is 1. The summed E-state index contributed by atoms with van der Waals surface area (Å²) in [5.74, 6) is 0. The molecule has 0 bridgehead atoms. The van der Waals surface area contributed by atoms with Gasteiger partial charge in [-0.05, 0) is 24.6 Å². The van der Waals surface area contributed by atoms with E-state index in [0.717, 1.165) is 11.1 Å². The molecule has 0 aromatic carbocycles. The van der Waals surface area contributed by atoms with Crippen LogP contribution < -0.4 is 5.56 Å². The number of nitrogens with zero attached hydrogens (tertiary/aromatic N) is 2. The Morgan fingerprint density at radius 3 is 2.53 bits per heavy atom. The molecule has 0 radical (unpaired) electrons. The highest BCUT2D eigenvalue weighted by Gasteiger charge is 2.07. The van der Waals surface area contributed by atoms with Crippen LogP contribution in [0.4, 0.5) is 0 Å². The molecular weight excluding hydrogens is 208 g/mol. The van der Waals surface area contributed by atoms with Crippen molar-refractivity contribution in [2.75, 3.05) is 0 Å². The molecule has 0 amide bonds. The van der Waals surface area contributed by atoms with E-state index in [1.54, 1.807) is 11.7 Å². The fourth-order valence-corrected chi connectivity index (χ4v) is 1.72. The van der Waals surface area contributed by atoms with Crippen molar-refractivity contribution in [1.29, 1.82) is 0 Å². The topological polar surface area (TPSA) is 26.4 Å². The summed E-state index contributed by atoms with van der Waals surface area (Å²) in [5, 5.41) is 0. The molecule has 0 saturated heterocycles. The van der Waals surface area contributed by atoms with Gasteiger partial charge in [0.25, 0.3) is 5.56 Å². The van der Waals surface area contributed by atoms with Crippen molar-refractivity contribution >= 4 is 18.1 Å². The largest absolute Gasteiger partial charge is 0.278 e. The van der Waals surface area contributed by atoms with E-state index in [4.69, 9.17) is 0 Å². The Bertz CT molecular complexity index is 525. The van der Waals surface area contributed by atoms with E-state index in [2.05, 4.69) is 12.6 Å². The first-order valence-electron chi connectivity index (χ1n) is 4.99. The zero-order valence-corrected chi connectivity index (χ0v) is 10.4. The Morgan fingerprint density at radius 2 is 1.93 bits per heavy atom. The van der Waals surface area contributed by atoms with Crippen molar-refractivity contribution in [2.45, 2.75) is 25.7 Å². The molecule has 0 aliphatic heterocycles. The van der Waals surface area contributed by atoms with Crippen LogP contribution in [0.15, 0.2) is 28.0 Å². The van der Waals surface area contributed by atoms with Gasteiger partial charge in [0.05, 0.1) is 10.4 Å². The van der Waals surface area contributed by atoms with Gasteiger partial charge in [0.2, 0.25) is 0 Å². The van der Waals surface area contributed by atoms with Crippen molar-refractivity contribution < 1.29 is 0 Å². The third-order valence-electron chi connectivity index (χ3n) is 2.29. The highest BCUT2D eigenvalue weighted by Crippen LogP contribution is 2.14. The maximum absolute atomic E-state index is 11.6. The molecular formula is C11H16N2OS. The smallest absolute Gasteiger partial charge is 0.267 e. The minimum absolute atomic E-state index is 0.0652. The molecule has 2 aromatic rings. The van der Waals surface area contributed by atoms with Crippen LogP contribution in [0.2, 0.25) is 0 Å². The van der Waals surface area contributed by atoms with Gasteiger partial charge >= 0.3 is 0 Å². The summed E-state index contributed by atoms with van der Waals surface area (Å²) in [5.41, 5.74) is 1.88. The third kappa shape index (κ3) is 1.81. The maximum Gasteiger partial charge on any atom is 0.278 e. The first-order chi connectivity index (χ1) is 7.13. The predicted octanol–water partition coefficient (Wildman–Crippen LogP) is 2.26. The third-order valence-corrected chi connectivity index (χ3v) is 2.81. The normalized spacial score (nSPS) is 9.93. The molecule has 2 aromatic heterocycles. The zero-order chi connectivity index (χ0) is 11.6. The molecule has 0 fully saturated rings. The summed E-state index contributed by atoms with van der Waals surface area (Å²) in [6.07, 6.45) is 1.86. The van der Waals surface area contributed by atoms with Gasteiger partial charge in [-0.3, -0.25) is 9.31 Å². The van der Waals surface area contributed by atoms with Crippen LogP contribution in [0.1, 0.15) is 19.4 Å². The van der Waals surface area contributed by atoms with E-state index in [-0.39, 0.29) is 5.56 Å². The molecule has 2 heterocycles. The van der Waals surface area contributed by atoms with E-state index in [9.17, 15) is 4.79 Å². The molecule has 0 N–H and O–H groups in total. The van der Waals surface area contributed by atoms with E-state index >= 15 is 0 Å². The molecule has 0 unspecified atom stereocenters. The number of aryl methyl sites for hydroxylation is 2. The number of hydrogen-bond donors (Lipinski definition) is 1.